The number of carbonyl (C=O) groups excluding carboxylic acids is 2. The van der Waals surface area contributed by atoms with E-state index in [2.05, 4.69) is 26.1 Å². The number of nitrogens with zero attached hydrogens (tertiary/aromatic N) is 2. The Balaban J connectivity index is 1.89. The molecule has 0 aliphatic rings. The lowest BCUT2D eigenvalue weighted by atomic mass is 10.1. The number of hydrogen-bond donors (Lipinski definition) is 3. The van der Waals surface area contributed by atoms with Crippen LogP contribution in [-0.2, 0) is 4.79 Å². The SMILES string of the molecule is C[C@@H](Sc1nnc(Nc2cccc(F)c2)s1)C(=O)NC(=O)NC(C)(C)C. The molecule has 0 saturated carbocycles. The number of benzene rings is 1. The second kappa shape index (κ2) is 8.45. The fourth-order valence-corrected chi connectivity index (χ4v) is 3.70. The van der Waals surface area contributed by atoms with Gasteiger partial charge in [-0.15, -0.1) is 10.2 Å². The van der Waals surface area contributed by atoms with Crippen molar-refractivity contribution in [2.24, 2.45) is 0 Å². The number of thioether (sulfide) groups is 1. The number of hydrogen-bond acceptors (Lipinski definition) is 7. The number of nitrogens with one attached hydrogen (secondary N) is 3. The molecule has 0 radical (unpaired) electrons. The van der Waals surface area contributed by atoms with Crippen LogP contribution in [0.15, 0.2) is 28.6 Å². The van der Waals surface area contributed by atoms with Gasteiger partial charge in [0.25, 0.3) is 0 Å². The first-order valence-electron chi connectivity index (χ1n) is 7.78. The van der Waals surface area contributed by atoms with Crippen molar-refractivity contribution in [1.82, 2.24) is 20.8 Å². The maximum absolute atomic E-state index is 13.2. The van der Waals surface area contributed by atoms with Gasteiger partial charge in [0.2, 0.25) is 11.0 Å². The molecule has 2 aromatic rings. The Labute approximate surface area is 159 Å². The highest BCUT2D eigenvalue weighted by molar-refractivity contribution is 8.02. The van der Waals surface area contributed by atoms with Gasteiger partial charge in [0.1, 0.15) is 5.82 Å². The molecule has 0 aliphatic carbocycles. The third kappa shape index (κ3) is 6.60. The summed E-state index contributed by atoms with van der Waals surface area (Å²) in [5.74, 6) is -0.778. The highest BCUT2D eigenvalue weighted by Crippen LogP contribution is 2.30. The van der Waals surface area contributed by atoms with E-state index in [9.17, 15) is 14.0 Å². The fourth-order valence-electron chi connectivity index (χ4n) is 1.79. The van der Waals surface area contributed by atoms with Gasteiger partial charge in [0, 0.05) is 11.2 Å². The van der Waals surface area contributed by atoms with Crippen LogP contribution < -0.4 is 16.0 Å². The molecule has 0 unspecified atom stereocenters. The van der Waals surface area contributed by atoms with Gasteiger partial charge in [-0.1, -0.05) is 29.2 Å². The lowest BCUT2D eigenvalue weighted by molar-refractivity contribution is -0.119. The topological polar surface area (TPSA) is 96.0 Å². The number of rotatable bonds is 5. The number of amides is 3. The van der Waals surface area contributed by atoms with Crippen molar-refractivity contribution >= 4 is 45.9 Å². The first-order chi connectivity index (χ1) is 12.1. The van der Waals surface area contributed by atoms with Crippen molar-refractivity contribution in [2.45, 2.75) is 42.8 Å². The van der Waals surface area contributed by atoms with Gasteiger partial charge in [0.05, 0.1) is 5.25 Å². The fraction of sp³-hybridized carbons (Fsp3) is 0.375. The van der Waals surface area contributed by atoms with E-state index in [-0.39, 0.29) is 5.82 Å². The maximum Gasteiger partial charge on any atom is 0.321 e. The van der Waals surface area contributed by atoms with Crippen molar-refractivity contribution in [3.05, 3.63) is 30.1 Å². The number of imide groups is 1. The molecule has 1 aromatic carbocycles. The van der Waals surface area contributed by atoms with E-state index in [1.165, 1.54) is 35.2 Å². The van der Waals surface area contributed by atoms with Gasteiger partial charge in [-0.05, 0) is 45.9 Å². The molecule has 3 amide bonds. The van der Waals surface area contributed by atoms with Crippen LogP contribution in [-0.4, -0.2) is 32.9 Å². The van der Waals surface area contributed by atoms with Gasteiger partial charge >= 0.3 is 6.03 Å². The number of carbonyl (C=O) groups is 2. The molecule has 140 valence electrons. The smallest absolute Gasteiger partial charge is 0.321 e. The van der Waals surface area contributed by atoms with Gasteiger partial charge in [-0.25, -0.2) is 9.18 Å². The second-order valence-electron chi connectivity index (χ2n) is 6.46. The molecule has 1 heterocycles. The minimum Gasteiger partial charge on any atom is -0.333 e. The van der Waals surface area contributed by atoms with Crippen LogP contribution in [0.3, 0.4) is 0 Å². The zero-order valence-corrected chi connectivity index (χ0v) is 16.4. The monoisotopic (exact) mass is 397 g/mol. The first-order valence-corrected chi connectivity index (χ1v) is 9.48. The standard InChI is InChI=1S/C16H20FN5O2S2/c1-9(12(23)19-13(24)20-16(2,3)4)25-15-22-21-14(26-15)18-11-7-5-6-10(17)8-11/h5-9H,1-4H3,(H,18,21)(H2,19,20,23,24)/t9-/m1/s1. The summed E-state index contributed by atoms with van der Waals surface area (Å²) in [7, 11) is 0. The van der Waals surface area contributed by atoms with Gasteiger partial charge in [0.15, 0.2) is 4.34 Å². The Morgan fingerprint density at radius 2 is 2.00 bits per heavy atom. The Morgan fingerprint density at radius 3 is 2.65 bits per heavy atom. The van der Waals surface area contributed by atoms with Crippen molar-refractivity contribution in [1.29, 1.82) is 0 Å². The van der Waals surface area contributed by atoms with E-state index in [0.717, 1.165) is 0 Å². The van der Waals surface area contributed by atoms with Crippen molar-refractivity contribution < 1.29 is 14.0 Å². The van der Waals surface area contributed by atoms with E-state index < -0.39 is 22.7 Å². The second-order valence-corrected chi connectivity index (χ2v) is 9.03. The number of anilines is 2. The first kappa shape index (κ1) is 20.1. The van der Waals surface area contributed by atoms with Crippen LogP contribution in [0.25, 0.3) is 0 Å². The molecule has 1 atom stereocenters. The van der Waals surface area contributed by atoms with Gasteiger partial charge < -0.3 is 10.6 Å². The molecule has 26 heavy (non-hydrogen) atoms. The number of urea groups is 1. The largest absolute Gasteiger partial charge is 0.333 e. The average molecular weight is 398 g/mol. The Hall–Kier alpha value is -2.20. The summed E-state index contributed by atoms with van der Waals surface area (Å²) < 4.78 is 13.7. The zero-order valence-electron chi connectivity index (χ0n) is 14.8. The third-order valence-corrected chi connectivity index (χ3v) is 4.88. The Morgan fingerprint density at radius 1 is 1.27 bits per heavy atom. The molecule has 0 aliphatic heterocycles. The number of aromatic nitrogens is 2. The third-order valence-electron chi connectivity index (χ3n) is 2.85. The summed E-state index contributed by atoms with van der Waals surface area (Å²) in [6, 6.07) is 5.45. The molecule has 7 nitrogen and oxygen atoms in total. The summed E-state index contributed by atoms with van der Waals surface area (Å²) in [5, 5.41) is 15.8. The lowest BCUT2D eigenvalue weighted by Gasteiger charge is -2.20. The van der Waals surface area contributed by atoms with E-state index in [1.54, 1.807) is 19.1 Å². The van der Waals surface area contributed by atoms with Crippen LogP contribution >= 0.6 is 23.1 Å². The number of halogens is 1. The van der Waals surface area contributed by atoms with E-state index in [1.807, 2.05) is 20.8 Å². The molecular weight excluding hydrogens is 377 g/mol. The predicted molar refractivity (Wildman–Crippen MR) is 101 cm³/mol. The molecule has 0 saturated heterocycles. The van der Waals surface area contributed by atoms with Gasteiger partial charge in [-0.2, -0.15) is 0 Å². The summed E-state index contributed by atoms with van der Waals surface area (Å²) >= 11 is 2.42. The van der Waals surface area contributed by atoms with Crippen molar-refractivity contribution in [2.75, 3.05) is 5.32 Å². The Bertz CT molecular complexity index is 791. The van der Waals surface area contributed by atoms with E-state index in [4.69, 9.17) is 0 Å². The molecule has 0 fully saturated rings. The summed E-state index contributed by atoms with van der Waals surface area (Å²) in [5.41, 5.74) is 0.125. The zero-order chi connectivity index (χ0) is 19.3. The van der Waals surface area contributed by atoms with E-state index in [0.29, 0.717) is 15.2 Å². The molecule has 10 heteroatoms. The minimum atomic E-state index is -0.541. The highest BCUT2D eigenvalue weighted by Gasteiger charge is 2.21. The molecule has 1 aromatic heterocycles. The predicted octanol–water partition coefficient (Wildman–Crippen LogP) is 3.53. The summed E-state index contributed by atoms with van der Waals surface area (Å²) in [6.07, 6.45) is 0. The highest BCUT2D eigenvalue weighted by atomic mass is 32.2. The van der Waals surface area contributed by atoms with Crippen molar-refractivity contribution in [3.8, 4) is 0 Å². The average Bonchev–Trinajstić information content (AvgIpc) is 2.92. The van der Waals surface area contributed by atoms with E-state index >= 15 is 0 Å². The molecule has 0 spiro atoms. The minimum absolute atomic E-state index is 0.354. The van der Waals surface area contributed by atoms with Crippen LogP contribution in [0.5, 0.6) is 0 Å². The van der Waals surface area contributed by atoms with Crippen LogP contribution in [0.1, 0.15) is 27.7 Å². The quantitative estimate of drug-likeness (QED) is 0.668. The van der Waals surface area contributed by atoms with Gasteiger partial charge in [-0.3, -0.25) is 10.1 Å². The maximum atomic E-state index is 13.2. The van der Waals surface area contributed by atoms with Crippen molar-refractivity contribution in [3.63, 3.8) is 0 Å². The normalized spacial score (nSPS) is 12.3. The summed E-state index contributed by atoms with van der Waals surface area (Å²) in [6.45, 7) is 7.14. The molecule has 2 rings (SSSR count). The van der Waals surface area contributed by atoms with Crippen LogP contribution in [0, 0.1) is 5.82 Å². The molecule has 0 bridgehead atoms. The molecular formula is C16H20FN5O2S2. The molecule has 3 N–H and O–H groups in total. The van der Waals surface area contributed by atoms with Crippen LogP contribution in [0.4, 0.5) is 20.0 Å². The lowest BCUT2D eigenvalue weighted by Crippen LogP contribution is -2.49. The summed E-state index contributed by atoms with van der Waals surface area (Å²) in [4.78, 5) is 23.8. The van der Waals surface area contributed by atoms with Crippen LogP contribution in [0.2, 0.25) is 0 Å². The Kier molecular flexibility index (Phi) is 6.54.